The minimum atomic E-state index is -1.27. The van der Waals surface area contributed by atoms with E-state index in [0.717, 1.165) is 16.7 Å². The number of thiocarbonyl (C=S) groups is 1. The molecule has 1 aliphatic heterocycles. The zero-order valence-corrected chi connectivity index (χ0v) is 15.3. The summed E-state index contributed by atoms with van der Waals surface area (Å²) in [6.07, 6.45) is 1.22. The van der Waals surface area contributed by atoms with Crippen LogP contribution in [0, 0.1) is 0 Å². The maximum atomic E-state index is 12.6. The number of nitrogens with zero attached hydrogens (tertiary/aromatic N) is 1. The zero-order chi connectivity index (χ0) is 19.4. The minimum absolute atomic E-state index is 0.0467. The molecule has 1 aliphatic rings. The number of benzene rings is 1. The van der Waals surface area contributed by atoms with Crippen LogP contribution in [0.2, 0.25) is 0 Å². The van der Waals surface area contributed by atoms with Crippen LogP contribution in [-0.4, -0.2) is 50.4 Å². The Morgan fingerprint density at radius 2 is 2.15 bits per heavy atom. The van der Waals surface area contributed by atoms with Gasteiger partial charge in [-0.3, -0.25) is 14.5 Å². The van der Waals surface area contributed by atoms with Gasteiger partial charge in [-0.25, -0.2) is 4.79 Å². The highest BCUT2D eigenvalue weighted by Crippen LogP contribution is 2.36. The number of methoxy groups -OCH3 is 1. The van der Waals surface area contributed by atoms with E-state index < -0.39 is 23.8 Å². The molecule has 1 fully saturated rings. The smallest absolute Gasteiger partial charge is 0.326 e. The molecule has 0 aliphatic carbocycles. The highest BCUT2D eigenvalue weighted by Gasteiger charge is 2.40. The predicted molar refractivity (Wildman–Crippen MR) is 99.5 cm³/mol. The molecule has 4 N–H and O–H groups in total. The number of primary amides is 1. The molecule has 2 rings (SSSR count). The standard InChI is InChI=1S/C16H16N2O6S2/c1-24-11-6-8(2-4-10(11)19)7-12-14(21)18(16(25)26-12)9(15(22)23)3-5-13(17)20/h2,4,6-7,9,19H,3,5H2,1H3,(H2,17,20)(H,22,23)/b12-7-. The maximum absolute atomic E-state index is 12.6. The fourth-order valence-electron chi connectivity index (χ4n) is 2.33. The van der Waals surface area contributed by atoms with E-state index in [1.807, 2.05) is 0 Å². The number of aliphatic carboxylic acids is 1. The largest absolute Gasteiger partial charge is 0.504 e. The molecular weight excluding hydrogens is 380 g/mol. The molecule has 0 bridgehead atoms. The third-order valence-corrected chi connectivity index (χ3v) is 4.92. The second-order valence-corrected chi connectivity index (χ2v) is 7.02. The van der Waals surface area contributed by atoms with Crippen LogP contribution in [0.4, 0.5) is 0 Å². The Labute approximate surface area is 158 Å². The summed E-state index contributed by atoms with van der Waals surface area (Å²) in [5, 5.41) is 19.0. The van der Waals surface area contributed by atoms with E-state index in [4.69, 9.17) is 22.7 Å². The molecule has 10 heteroatoms. The van der Waals surface area contributed by atoms with Crippen molar-refractivity contribution < 1.29 is 29.3 Å². The number of carbonyl (C=O) groups is 3. The Morgan fingerprint density at radius 1 is 1.46 bits per heavy atom. The van der Waals surface area contributed by atoms with Crippen LogP contribution in [-0.2, 0) is 14.4 Å². The lowest BCUT2D eigenvalue weighted by Gasteiger charge is -2.22. The number of thioether (sulfide) groups is 1. The molecular formula is C16H16N2O6S2. The second kappa shape index (κ2) is 8.19. The maximum Gasteiger partial charge on any atom is 0.326 e. The SMILES string of the molecule is COc1cc(/C=C2\SC(=S)N(C(CCC(N)=O)C(=O)O)C2=O)ccc1O. The van der Waals surface area contributed by atoms with Gasteiger partial charge in [-0.1, -0.05) is 30.0 Å². The predicted octanol–water partition coefficient (Wildman–Crippen LogP) is 1.32. The van der Waals surface area contributed by atoms with Gasteiger partial charge in [0.1, 0.15) is 10.4 Å². The third kappa shape index (κ3) is 4.33. The van der Waals surface area contributed by atoms with E-state index in [-0.39, 0.29) is 33.6 Å². The summed E-state index contributed by atoms with van der Waals surface area (Å²) in [5.74, 6) is -2.30. The van der Waals surface area contributed by atoms with Crippen LogP contribution in [0.25, 0.3) is 6.08 Å². The number of rotatable bonds is 7. The van der Waals surface area contributed by atoms with Crippen LogP contribution in [0.1, 0.15) is 18.4 Å². The Hall–Kier alpha value is -2.59. The van der Waals surface area contributed by atoms with Crippen molar-refractivity contribution in [2.45, 2.75) is 18.9 Å². The van der Waals surface area contributed by atoms with E-state index in [2.05, 4.69) is 0 Å². The van der Waals surface area contributed by atoms with E-state index >= 15 is 0 Å². The van der Waals surface area contributed by atoms with Crippen molar-refractivity contribution in [3.8, 4) is 11.5 Å². The topological polar surface area (TPSA) is 130 Å². The average Bonchev–Trinajstić information content (AvgIpc) is 2.84. The summed E-state index contributed by atoms with van der Waals surface area (Å²) in [4.78, 5) is 36.3. The van der Waals surface area contributed by atoms with E-state index in [1.165, 1.54) is 25.3 Å². The number of carboxylic acids is 1. The Bertz CT molecular complexity index is 808. The highest BCUT2D eigenvalue weighted by molar-refractivity contribution is 8.26. The van der Waals surface area contributed by atoms with Gasteiger partial charge < -0.3 is 20.7 Å². The van der Waals surface area contributed by atoms with Crippen LogP contribution in [0.5, 0.6) is 11.5 Å². The van der Waals surface area contributed by atoms with Crippen molar-refractivity contribution in [1.29, 1.82) is 0 Å². The summed E-state index contributed by atoms with van der Waals surface area (Å²) < 4.78 is 5.10. The number of hydrogen-bond donors (Lipinski definition) is 3. The van der Waals surface area contributed by atoms with E-state index in [0.29, 0.717) is 5.56 Å². The fraction of sp³-hybridized carbons (Fsp3) is 0.250. The molecule has 26 heavy (non-hydrogen) atoms. The molecule has 1 saturated heterocycles. The molecule has 2 amide bonds. The van der Waals surface area contributed by atoms with Crippen molar-refractivity contribution in [2.24, 2.45) is 5.73 Å². The number of amides is 2. The van der Waals surface area contributed by atoms with Gasteiger partial charge in [-0.05, 0) is 30.2 Å². The first-order valence-electron chi connectivity index (χ1n) is 7.39. The van der Waals surface area contributed by atoms with E-state index in [9.17, 15) is 24.6 Å². The monoisotopic (exact) mass is 396 g/mol. The summed E-state index contributed by atoms with van der Waals surface area (Å²) in [6.45, 7) is 0. The van der Waals surface area contributed by atoms with Gasteiger partial charge in [-0.2, -0.15) is 0 Å². The van der Waals surface area contributed by atoms with Gasteiger partial charge in [0, 0.05) is 6.42 Å². The first-order valence-corrected chi connectivity index (χ1v) is 8.62. The van der Waals surface area contributed by atoms with E-state index in [1.54, 1.807) is 6.07 Å². The number of ether oxygens (including phenoxy) is 1. The number of hydrogen-bond acceptors (Lipinski definition) is 7. The van der Waals surface area contributed by atoms with Crippen molar-refractivity contribution in [2.75, 3.05) is 7.11 Å². The lowest BCUT2D eigenvalue weighted by molar-refractivity contribution is -0.145. The first-order chi connectivity index (χ1) is 12.2. The van der Waals surface area contributed by atoms with Gasteiger partial charge in [0.25, 0.3) is 5.91 Å². The van der Waals surface area contributed by atoms with Gasteiger partial charge in [0.2, 0.25) is 5.91 Å². The fourth-order valence-corrected chi connectivity index (χ4v) is 3.68. The van der Waals surface area contributed by atoms with Crippen molar-refractivity contribution in [1.82, 2.24) is 4.90 Å². The molecule has 0 aromatic heterocycles. The first kappa shape index (κ1) is 19.7. The van der Waals surface area contributed by atoms with Crippen molar-refractivity contribution in [3.63, 3.8) is 0 Å². The molecule has 1 aromatic carbocycles. The molecule has 0 saturated carbocycles. The van der Waals surface area contributed by atoms with Gasteiger partial charge in [-0.15, -0.1) is 0 Å². The van der Waals surface area contributed by atoms with Gasteiger partial charge in [0.05, 0.1) is 12.0 Å². The van der Waals surface area contributed by atoms with Crippen LogP contribution in [0.3, 0.4) is 0 Å². The van der Waals surface area contributed by atoms with Crippen LogP contribution in [0.15, 0.2) is 23.1 Å². The van der Waals surface area contributed by atoms with Gasteiger partial charge in [0.15, 0.2) is 11.5 Å². The number of phenols is 1. The van der Waals surface area contributed by atoms with Crippen LogP contribution >= 0.6 is 24.0 Å². The molecule has 1 heterocycles. The number of phenolic OH excluding ortho intramolecular Hbond substituents is 1. The summed E-state index contributed by atoms with van der Waals surface area (Å²) in [6, 6.07) is 3.25. The third-order valence-electron chi connectivity index (χ3n) is 3.59. The average molecular weight is 396 g/mol. The molecule has 1 aromatic rings. The quantitative estimate of drug-likeness (QED) is 0.465. The molecule has 1 atom stereocenters. The lowest BCUT2D eigenvalue weighted by atomic mass is 10.1. The molecule has 0 spiro atoms. The van der Waals surface area contributed by atoms with Gasteiger partial charge >= 0.3 is 5.97 Å². The minimum Gasteiger partial charge on any atom is -0.504 e. The Kier molecular flexibility index (Phi) is 6.22. The zero-order valence-electron chi connectivity index (χ0n) is 13.7. The van der Waals surface area contributed by atoms with Crippen molar-refractivity contribution >= 4 is 52.2 Å². The summed E-state index contributed by atoms with van der Waals surface area (Å²) in [5.41, 5.74) is 5.63. The van der Waals surface area contributed by atoms with Crippen molar-refractivity contribution in [3.05, 3.63) is 28.7 Å². The molecule has 0 radical (unpaired) electrons. The van der Waals surface area contributed by atoms with Crippen LogP contribution < -0.4 is 10.5 Å². The Balaban J connectivity index is 2.29. The summed E-state index contributed by atoms with van der Waals surface area (Å²) >= 11 is 6.10. The number of carboxylic acid groups (broad SMARTS) is 1. The highest BCUT2D eigenvalue weighted by atomic mass is 32.2. The lowest BCUT2D eigenvalue weighted by Crippen LogP contribution is -2.44. The molecule has 138 valence electrons. The molecule has 8 nitrogen and oxygen atoms in total. The summed E-state index contributed by atoms with van der Waals surface area (Å²) in [7, 11) is 1.40. The normalized spacial score (nSPS) is 16.8. The second-order valence-electron chi connectivity index (χ2n) is 5.34. The number of aromatic hydroxyl groups is 1. The Morgan fingerprint density at radius 3 is 2.73 bits per heavy atom. The number of nitrogens with two attached hydrogens (primary N) is 1. The number of carbonyl (C=O) groups excluding carboxylic acids is 2. The molecule has 1 unspecified atom stereocenters.